The SMILES string of the molecule is CC(OC(=O)c1ccccn1)C(=O)Nc1nc(-c2ccccc2)cs1. The third-order valence-corrected chi connectivity index (χ3v) is 4.09. The van der Waals surface area contributed by atoms with Gasteiger partial charge in [-0.2, -0.15) is 0 Å². The number of nitrogens with zero attached hydrogens (tertiary/aromatic N) is 2. The second-order valence-corrected chi connectivity index (χ2v) is 6.01. The fourth-order valence-electron chi connectivity index (χ4n) is 2.04. The van der Waals surface area contributed by atoms with Gasteiger partial charge >= 0.3 is 5.97 Å². The van der Waals surface area contributed by atoms with E-state index in [9.17, 15) is 9.59 Å². The van der Waals surface area contributed by atoms with E-state index in [0.29, 0.717) is 5.13 Å². The van der Waals surface area contributed by atoms with E-state index >= 15 is 0 Å². The van der Waals surface area contributed by atoms with E-state index in [2.05, 4.69) is 15.3 Å². The molecule has 1 aromatic carbocycles. The van der Waals surface area contributed by atoms with Gasteiger partial charge in [-0.05, 0) is 19.1 Å². The Morgan fingerprint density at radius 1 is 1.12 bits per heavy atom. The van der Waals surface area contributed by atoms with Crippen molar-refractivity contribution in [3.8, 4) is 11.3 Å². The number of rotatable bonds is 5. The van der Waals surface area contributed by atoms with Gasteiger partial charge in [0.05, 0.1) is 5.69 Å². The van der Waals surface area contributed by atoms with Crippen molar-refractivity contribution < 1.29 is 14.3 Å². The molecule has 0 aliphatic rings. The Kier molecular flexibility index (Phi) is 5.15. The molecule has 1 N–H and O–H groups in total. The van der Waals surface area contributed by atoms with Crippen LogP contribution in [0.25, 0.3) is 11.3 Å². The maximum atomic E-state index is 12.2. The zero-order valence-corrected chi connectivity index (χ0v) is 14.2. The topological polar surface area (TPSA) is 81.2 Å². The average molecular weight is 353 g/mol. The van der Waals surface area contributed by atoms with Crippen molar-refractivity contribution >= 4 is 28.3 Å². The quantitative estimate of drug-likeness (QED) is 0.711. The predicted octanol–water partition coefficient (Wildman–Crippen LogP) is 3.39. The zero-order valence-electron chi connectivity index (χ0n) is 13.4. The first-order chi connectivity index (χ1) is 12.1. The summed E-state index contributed by atoms with van der Waals surface area (Å²) >= 11 is 1.31. The summed E-state index contributed by atoms with van der Waals surface area (Å²) in [5, 5.41) is 4.96. The molecule has 2 aromatic heterocycles. The number of thiazole rings is 1. The third-order valence-electron chi connectivity index (χ3n) is 3.33. The Hall–Kier alpha value is -3.06. The maximum absolute atomic E-state index is 12.2. The molecule has 7 heteroatoms. The van der Waals surface area contributed by atoms with Crippen LogP contribution < -0.4 is 5.32 Å². The van der Waals surface area contributed by atoms with Crippen LogP contribution in [0.5, 0.6) is 0 Å². The molecule has 0 aliphatic heterocycles. The van der Waals surface area contributed by atoms with Crippen LogP contribution in [-0.2, 0) is 9.53 Å². The minimum absolute atomic E-state index is 0.155. The minimum Gasteiger partial charge on any atom is -0.448 e. The highest BCUT2D eigenvalue weighted by Crippen LogP contribution is 2.24. The molecule has 25 heavy (non-hydrogen) atoms. The normalized spacial score (nSPS) is 11.6. The summed E-state index contributed by atoms with van der Waals surface area (Å²) in [6, 6.07) is 14.6. The van der Waals surface area contributed by atoms with Gasteiger partial charge in [0.2, 0.25) is 0 Å². The first-order valence-electron chi connectivity index (χ1n) is 7.57. The number of carbonyl (C=O) groups is 2. The summed E-state index contributed by atoms with van der Waals surface area (Å²) in [5.41, 5.74) is 1.90. The van der Waals surface area contributed by atoms with Crippen LogP contribution in [-0.4, -0.2) is 27.9 Å². The summed E-state index contributed by atoms with van der Waals surface area (Å²) < 4.78 is 5.13. The van der Waals surface area contributed by atoms with Crippen LogP contribution in [0.4, 0.5) is 5.13 Å². The van der Waals surface area contributed by atoms with Crippen molar-refractivity contribution in [3.63, 3.8) is 0 Å². The molecule has 1 amide bonds. The zero-order chi connectivity index (χ0) is 17.6. The Morgan fingerprint density at radius 3 is 2.60 bits per heavy atom. The fraction of sp³-hybridized carbons (Fsp3) is 0.111. The highest BCUT2D eigenvalue weighted by Gasteiger charge is 2.20. The Balaban J connectivity index is 1.60. The van der Waals surface area contributed by atoms with Gasteiger partial charge in [-0.25, -0.2) is 14.8 Å². The summed E-state index contributed by atoms with van der Waals surface area (Å²) in [5.74, 6) is -1.09. The van der Waals surface area contributed by atoms with E-state index in [-0.39, 0.29) is 5.69 Å². The van der Waals surface area contributed by atoms with E-state index in [4.69, 9.17) is 4.74 Å². The molecule has 0 spiro atoms. The van der Waals surface area contributed by atoms with Crippen molar-refractivity contribution in [1.82, 2.24) is 9.97 Å². The Morgan fingerprint density at radius 2 is 1.88 bits per heavy atom. The molecular weight excluding hydrogens is 338 g/mol. The van der Waals surface area contributed by atoms with Crippen molar-refractivity contribution in [1.29, 1.82) is 0 Å². The van der Waals surface area contributed by atoms with Gasteiger partial charge < -0.3 is 4.74 Å². The van der Waals surface area contributed by atoms with Crippen molar-refractivity contribution in [2.75, 3.05) is 5.32 Å². The predicted molar refractivity (Wildman–Crippen MR) is 95.3 cm³/mol. The van der Waals surface area contributed by atoms with Crippen LogP contribution in [0, 0.1) is 0 Å². The van der Waals surface area contributed by atoms with Gasteiger partial charge in [0.1, 0.15) is 5.69 Å². The molecule has 0 saturated carbocycles. The van der Waals surface area contributed by atoms with Gasteiger partial charge in [-0.15, -0.1) is 11.3 Å². The summed E-state index contributed by atoms with van der Waals surface area (Å²) in [4.78, 5) is 32.4. The number of benzene rings is 1. The Labute approximate surface area is 148 Å². The highest BCUT2D eigenvalue weighted by atomic mass is 32.1. The lowest BCUT2D eigenvalue weighted by Crippen LogP contribution is -2.30. The molecule has 6 nitrogen and oxygen atoms in total. The van der Waals surface area contributed by atoms with Gasteiger partial charge in [0.25, 0.3) is 5.91 Å². The van der Waals surface area contributed by atoms with Crippen LogP contribution in [0.15, 0.2) is 60.1 Å². The summed E-state index contributed by atoms with van der Waals surface area (Å²) in [6.45, 7) is 1.50. The number of anilines is 1. The number of nitrogens with one attached hydrogen (secondary N) is 1. The Bertz CT molecular complexity index is 866. The average Bonchev–Trinajstić information content (AvgIpc) is 3.11. The van der Waals surface area contributed by atoms with Crippen LogP contribution in [0.3, 0.4) is 0 Å². The number of hydrogen-bond acceptors (Lipinski definition) is 6. The lowest BCUT2D eigenvalue weighted by atomic mass is 10.2. The molecule has 0 aliphatic carbocycles. The second kappa shape index (κ2) is 7.67. The fourth-order valence-corrected chi connectivity index (χ4v) is 2.76. The third kappa shape index (κ3) is 4.27. The van der Waals surface area contributed by atoms with E-state index < -0.39 is 18.0 Å². The summed E-state index contributed by atoms with van der Waals surface area (Å²) in [7, 11) is 0. The van der Waals surface area contributed by atoms with Gasteiger partial charge in [-0.3, -0.25) is 10.1 Å². The van der Waals surface area contributed by atoms with Crippen LogP contribution in [0.1, 0.15) is 17.4 Å². The maximum Gasteiger partial charge on any atom is 0.357 e. The molecule has 0 fully saturated rings. The first kappa shape index (κ1) is 16.8. The molecule has 0 radical (unpaired) electrons. The molecule has 3 rings (SSSR count). The van der Waals surface area contributed by atoms with Gasteiger partial charge in [-0.1, -0.05) is 36.4 Å². The molecule has 0 saturated heterocycles. The molecule has 1 unspecified atom stereocenters. The lowest BCUT2D eigenvalue weighted by Gasteiger charge is -2.11. The van der Waals surface area contributed by atoms with E-state index in [0.717, 1.165) is 11.3 Å². The van der Waals surface area contributed by atoms with Crippen molar-refractivity contribution in [2.24, 2.45) is 0 Å². The van der Waals surface area contributed by atoms with E-state index in [1.807, 2.05) is 35.7 Å². The number of hydrogen-bond donors (Lipinski definition) is 1. The number of amides is 1. The molecule has 0 bridgehead atoms. The van der Waals surface area contributed by atoms with Crippen molar-refractivity contribution in [3.05, 3.63) is 65.8 Å². The van der Waals surface area contributed by atoms with E-state index in [1.54, 1.807) is 12.1 Å². The smallest absolute Gasteiger partial charge is 0.357 e. The van der Waals surface area contributed by atoms with Crippen LogP contribution >= 0.6 is 11.3 Å². The molecule has 1 atom stereocenters. The summed E-state index contributed by atoms with van der Waals surface area (Å²) in [6.07, 6.45) is 0.528. The standard InChI is InChI=1S/C18H15N3O3S/c1-12(24-17(23)14-9-5-6-10-19-14)16(22)21-18-20-15(11-25-18)13-7-3-2-4-8-13/h2-12H,1H3,(H,20,21,22). The number of pyridine rings is 1. The number of carbonyl (C=O) groups excluding carboxylic acids is 2. The minimum atomic E-state index is -0.960. The van der Waals surface area contributed by atoms with Gasteiger partial charge in [0.15, 0.2) is 11.2 Å². The van der Waals surface area contributed by atoms with Crippen molar-refractivity contribution in [2.45, 2.75) is 13.0 Å². The first-order valence-corrected chi connectivity index (χ1v) is 8.45. The highest BCUT2D eigenvalue weighted by molar-refractivity contribution is 7.14. The second-order valence-electron chi connectivity index (χ2n) is 5.16. The molecule has 126 valence electrons. The lowest BCUT2D eigenvalue weighted by molar-refractivity contribution is -0.123. The number of aromatic nitrogens is 2. The number of ether oxygens (including phenoxy) is 1. The molecule has 2 heterocycles. The molecular formula is C18H15N3O3S. The van der Waals surface area contributed by atoms with E-state index in [1.165, 1.54) is 30.5 Å². The number of esters is 1. The monoisotopic (exact) mass is 353 g/mol. The van der Waals surface area contributed by atoms with Crippen LogP contribution in [0.2, 0.25) is 0 Å². The largest absolute Gasteiger partial charge is 0.448 e. The molecule has 3 aromatic rings. The van der Waals surface area contributed by atoms with Gasteiger partial charge in [0, 0.05) is 17.1 Å².